The second kappa shape index (κ2) is 4.64. The molecule has 4 heteroatoms. The Morgan fingerprint density at radius 3 is 2.44 bits per heavy atom. The van der Waals surface area contributed by atoms with Gasteiger partial charge in [0.25, 0.3) is 0 Å². The van der Waals surface area contributed by atoms with Gasteiger partial charge in [-0.05, 0) is 40.4 Å². The zero-order chi connectivity index (χ0) is 12.8. The highest BCUT2D eigenvalue weighted by Gasteiger charge is 2.50. The van der Waals surface area contributed by atoms with Crippen molar-refractivity contribution >= 4 is 38.9 Å². The van der Waals surface area contributed by atoms with E-state index in [0.717, 1.165) is 26.5 Å². The molecule has 1 atom stereocenters. The SMILES string of the molecule is NC(c1cc(Br)c(Cl)s1)C1(c2ccccc2)CC1. The summed E-state index contributed by atoms with van der Waals surface area (Å²) in [6.45, 7) is 0. The summed E-state index contributed by atoms with van der Waals surface area (Å²) in [6, 6.07) is 12.7. The number of hydrogen-bond acceptors (Lipinski definition) is 2. The number of rotatable bonds is 3. The maximum absolute atomic E-state index is 6.48. The number of benzene rings is 1. The van der Waals surface area contributed by atoms with Crippen molar-refractivity contribution in [3.05, 3.63) is 55.6 Å². The summed E-state index contributed by atoms with van der Waals surface area (Å²) < 4.78 is 1.73. The molecule has 1 aromatic heterocycles. The Hall–Kier alpha value is -0.350. The number of nitrogens with two attached hydrogens (primary N) is 1. The topological polar surface area (TPSA) is 26.0 Å². The van der Waals surface area contributed by atoms with Crippen molar-refractivity contribution < 1.29 is 0 Å². The lowest BCUT2D eigenvalue weighted by atomic mass is 9.88. The first kappa shape index (κ1) is 12.7. The first-order valence-corrected chi connectivity index (χ1v) is 7.88. The van der Waals surface area contributed by atoms with Crippen molar-refractivity contribution in [2.75, 3.05) is 0 Å². The predicted molar refractivity (Wildman–Crippen MR) is 81.3 cm³/mol. The van der Waals surface area contributed by atoms with Crippen molar-refractivity contribution in [3.63, 3.8) is 0 Å². The van der Waals surface area contributed by atoms with E-state index in [-0.39, 0.29) is 11.5 Å². The predicted octanol–water partition coefficient (Wildman–Crippen LogP) is 4.90. The van der Waals surface area contributed by atoms with Gasteiger partial charge in [0.05, 0.1) is 0 Å². The van der Waals surface area contributed by atoms with Crippen LogP contribution < -0.4 is 5.73 Å². The molecule has 94 valence electrons. The summed E-state index contributed by atoms with van der Waals surface area (Å²) in [7, 11) is 0. The quantitative estimate of drug-likeness (QED) is 0.844. The molecule has 1 nitrogen and oxygen atoms in total. The fourth-order valence-electron chi connectivity index (χ4n) is 2.47. The standard InChI is InChI=1S/C14H13BrClNS/c15-10-8-11(18-13(10)16)12(17)14(6-7-14)9-4-2-1-3-5-9/h1-5,8,12H,6-7,17H2. The van der Waals surface area contributed by atoms with Gasteiger partial charge in [-0.2, -0.15) is 0 Å². The minimum atomic E-state index is 0.0358. The number of thiophene rings is 1. The summed E-state index contributed by atoms with van der Waals surface area (Å²) in [5.74, 6) is 0. The van der Waals surface area contributed by atoms with Gasteiger partial charge < -0.3 is 5.73 Å². The maximum Gasteiger partial charge on any atom is 0.107 e. The molecule has 1 heterocycles. The summed E-state index contributed by atoms with van der Waals surface area (Å²) in [6.07, 6.45) is 2.32. The maximum atomic E-state index is 6.48. The Balaban J connectivity index is 1.95. The van der Waals surface area contributed by atoms with E-state index in [4.69, 9.17) is 17.3 Å². The molecule has 0 amide bonds. The zero-order valence-electron chi connectivity index (χ0n) is 9.70. The van der Waals surface area contributed by atoms with Gasteiger partial charge in [0.15, 0.2) is 0 Å². The molecule has 1 unspecified atom stereocenters. The van der Waals surface area contributed by atoms with Gasteiger partial charge in [-0.3, -0.25) is 0 Å². The highest BCUT2D eigenvalue weighted by atomic mass is 79.9. The van der Waals surface area contributed by atoms with Gasteiger partial charge >= 0.3 is 0 Å². The van der Waals surface area contributed by atoms with Crippen LogP contribution in [0.4, 0.5) is 0 Å². The Morgan fingerprint density at radius 2 is 1.94 bits per heavy atom. The molecule has 0 bridgehead atoms. The molecule has 3 rings (SSSR count). The van der Waals surface area contributed by atoms with E-state index in [1.54, 1.807) is 11.3 Å². The van der Waals surface area contributed by atoms with Crippen LogP contribution in [0.25, 0.3) is 0 Å². The summed E-state index contributed by atoms with van der Waals surface area (Å²) in [5, 5.41) is 0. The molecule has 0 saturated heterocycles. The van der Waals surface area contributed by atoms with Crippen molar-refractivity contribution in [3.8, 4) is 0 Å². The minimum Gasteiger partial charge on any atom is -0.323 e. The smallest absolute Gasteiger partial charge is 0.107 e. The average molecular weight is 343 g/mol. The van der Waals surface area contributed by atoms with Crippen molar-refractivity contribution in [2.24, 2.45) is 5.73 Å². The van der Waals surface area contributed by atoms with E-state index < -0.39 is 0 Å². The molecule has 1 saturated carbocycles. The van der Waals surface area contributed by atoms with Gasteiger partial charge in [-0.15, -0.1) is 11.3 Å². The summed E-state index contributed by atoms with van der Waals surface area (Å²) in [5.41, 5.74) is 7.95. The molecular formula is C14H13BrClNS. The lowest BCUT2D eigenvalue weighted by Crippen LogP contribution is -2.25. The molecule has 1 aliphatic rings. The van der Waals surface area contributed by atoms with Crippen LogP contribution in [0, 0.1) is 0 Å². The third-order valence-corrected chi connectivity index (χ3v) is 6.26. The lowest BCUT2D eigenvalue weighted by Gasteiger charge is -2.22. The van der Waals surface area contributed by atoms with Crippen LogP contribution in [-0.2, 0) is 5.41 Å². The highest BCUT2D eigenvalue weighted by Crippen LogP contribution is 2.56. The molecule has 0 radical (unpaired) electrons. The number of hydrogen-bond donors (Lipinski definition) is 1. The van der Waals surface area contributed by atoms with Gasteiger partial charge in [-0.25, -0.2) is 0 Å². The van der Waals surface area contributed by atoms with E-state index in [0.29, 0.717) is 0 Å². The highest BCUT2D eigenvalue weighted by molar-refractivity contribution is 9.10. The van der Waals surface area contributed by atoms with Crippen LogP contribution in [0.2, 0.25) is 4.34 Å². The van der Waals surface area contributed by atoms with Crippen molar-refractivity contribution in [2.45, 2.75) is 24.3 Å². The van der Waals surface area contributed by atoms with Gasteiger partial charge in [0.2, 0.25) is 0 Å². The molecule has 0 aliphatic heterocycles. The monoisotopic (exact) mass is 341 g/mol. The van der Waals surface area contributed by atoms with E-state index in [1.165, 1.54) is 5.56 Å². The second-order valence-corrected chi connectivity index (χ2v) is 7.31. The van der Waals surface area contributed by atoms with E-state index in [1.807, 2.05) is 6.07 Å². The third kappa shape index (κ3) is 2.03. The molecule has 18 heavy (non-hydrogen) atoms. The molecular weight excluding hydrogens is 330 g/mol. The zero-order valence-corrected chi connectivity index (χ0v) is 12.9. The van der Waals surface area contributed by atoms with Crippen LogP contribution in [0.1, 0.15) is 29.3 Å². The van der Waals surface area contributed by atoms with E-state index >= 15 is 0 Å². The fourth-order valence-corrected chi connectivity index (χ4v) is 4.33. The molecule has 2 N–H and O–H groups in total. The summed E-state index contributed by atoms with van der Waals surface area (Å²) >= 11 is 11.1. The van der Waals surface area contributed by atoms with Crippen LogP contribution in [0.3, 0.4) is 0 Å². The summed E-state index contributed by atoms with van der Waals surface area (Å²) in [4.78, 5) is 1.16. The van der Waals surface area contributed by atoms with E-state index in [2.05, 4.69) is 46.3 Å². The number of halogens is 2. The van der Waals surface area contributed by atoms with Gasteiger partial charge in [0, 0.05) is 20.8 Å². The Bertz CT molecular complexity index is 543. The van der Waals surface area contributed by atoms with Crippen LogP contribution in [0.5, 0.6) is 0 Å². The molecule has 1 aromatic carbocycles. The lowest BCUT2D eigenvalue weighted by molar-refractivity contribution is 0.549. The molecule has 1 aliphatic carbocycles. The van der Waals surface area contributed by atoms with Crippen LogP contribution >= 0.6 is 38.9 Å². The largest absolute Gasteiger partial charge is 0.323 e. The van der Waals surface area contributed by atoms with Crippen molar-refractivity contribution in [1.29, 1.82) is 0 Å². The first-order valence-electron chi connectivity index (χ1n) is 5.89. The Morgan fingerprint density at radius 1 is 1.28 bits per heavy atom. The Labute approximate surface area is 124 Å². The average Bonchev–Trinajstić information content (AvgIpc) is 3.13. The van der Waals surface area contributed by atoms with Crippen LogP contribution in [-0.4, -0.2) is 0 Å². The van der Waals surface area contributed by atoms with Crippen molar-refractivity contribution in [1.82, 2.24) is 0 Å². The minimum absolute atomic E-state index is 0.0358. The normalized spacial score (nSPS) is 18.6. The second-order valence-electron chi connectivity index (χ2n) is 4.77. The molecule has 1 fully saturated rings. The molecule has 2 aromatic rings. The van der Waals surface area contributed by atoms with Crippen LogP contribution in [0.15, 0.2) is 40.9 Å². The van der Waals surface area contributed by atoms with E-state index in [9.17, 15) is 0 Å². The Kier molecular flexibility index (Phi) is 3.27. The molecule has 0 spiro atoms. The first-order chi connectivity index (χ1) is 8.63. The van der Waals surface area contributed by atoms with Gasteiger partial charge in [-0.1, -0.05) is 41.9 Å². The third-order valence-electron chi connectivity index (χ3n) is 3.70. The van der Waals surface area contributed by atoms with Gasteiger partial charge in [0.1, 0.15) is 4.34 Å². The fraction of sp³-hybridized carbons (Fsp3) is 0.286.